The Balaban J connectivity index is 0.000000364. The highest BCUT2D eigenvalue weighted by Gasteiger charge is 2.29. The second-order valence-electron chi connectivity index (χ2n) is 10.1. The van der Waals surface area contributed by atoms with Gasteiger partial charge in [0, 0.05) is 54.4 Å². The number of rotatable bonds is 5. The van der Waals surface area contributed by atoms with Crippen LogP contribution in [0.5, 0.6) is 0 Å². The zero-order chi connectivity index (χ0) is 24.8. The van der Waals surface area contributed by atoms with Crippen LogP contribution in [-0.2, 0) is 9.53 Å². The van der Waals surface area contributed by atoms with Crippen LogP contribution in [0.3, 0.4) is 0 Å². The summed E-state index contributed by atoms with van der Waals surface area (Å²) in [7, 11) is 0. The summed E-state index contributed by atoms with van der Waals surface area (Å²) in [6.07, 6.45) is 7.35. The predicted octanol–water partition coefficient (Wildman–Crippen LogP) is 4.47. The van der Waals surface area contributed by atoms with E-state index in [2.05, 4.69) is 42.4 Å². The van der Waals surface area contributed by atoms with Crippen molar-refractivity contribution in [1.29, 1.82) is 0 Å². The number of para-hydroxylation sites is 1. The zero-order valence-electron chi connectivity index (χ0n) is 20.7. The number of fused-ring (bicyclic) bond motifs is 1. The lowest BCUT2D eigenvalue weighted by Crippen LogP contribution is -2.45. The average Bonchev–Trinajstić information content (AvgIpc) is 3.48. The molecule has 1 aromatic carbocycles. The van der Waals surface area contributed by atoms with E-state index in [0.29, 0.717) is 29.5 Å². The Morgan fingerprint density at radius 3 is 2.80 bits per heavy atom. The van der Waals surface area contributed by atoms with Crippen molar-refractivity contribution in [2.24, 2.45) is 0 Å². The van der Waals surface area contributed by atoms with Gasteiger partial charge in [0.05, 0.1) is 16.9 Å². The number of benzene rings is 1. The minimum atomic E-state index is -0.318. The van der Waals surface area contributed by atoms with Gasteiger partial charge in [-0.3, -0.25) is 9.69 Å². The van der Waals surface area contributed by atoms with E-state index in [1.165, 1.54) is 12.8 Å². The van der Waals surface area contributed by atoms with Gasteiger partial charge in [-0.15, -0.1) is 0 Å². The first-order valence-electron chi connectivity index (χ1n) is 12.3. The molecule has 5 rings (SSSR count). The van der Waals surface area contributed by atoms with Crippen LogP contribution < -0.4 is 10.6 Å². The van der Waals surface area contributed by atoms with E-state index in [4.69, 9.17) is 16.6 Å². The van der Waals surface area contributed by atoms with E-state index < -0.39 is 0 Å². The number of nitrogens with zero attached hydrogens (tertiary/aromatic N) is 3. The van der Waals surface area contributed by atoms with Gasteiger partial charge >= 0.3 is 0 Å². The lowest BCUT2D eigenvalue weighted by Gasteiger charge is -2.31. The molecule has 0 radical (unpaired) electrons. The topological polar surface area (TPSA) is 95.2 Å². The molecular weight excluding hydrogens is 464 g/mol. The minimum Gasteiger partial charge on any atom is -0.462 e. The molecule has 0 bridgehead atoms. The van der Waals surface area contributed by atoms with Crippen molar-refractivity contribution >= 4 is 34.9 Å². The van der Waals surface area contributed by atoms with Crippen LogP contribution in [0.25, 0.3) is 22.2 Å². The van der Waals surface area contributed by atoms with Gasteiger partial charge in [0.15, 0.2) is 0 Å². The fourth-order valence-corrected chi connectivity index (χ4v) is 4.79. The Kier molecular flexibility index (Phi) is 8.26. The van der Waals surface area contributed by atoms with Crippen LogP contribution >= 0.6 is 11.6 Å². The second-order valence-corrected chi connectivity index (χ2v) is 10.5. The average molecular weight is 499 g/mol. The van der Waals surface area contributed by atoms with Crippen molar-refractivity contribution in [1.82, 2.24) is 25.2 Å². The third-order valence-corrected chi connectivity index (χ3v) is 6.61. The first kappa shape index (κ1) is 25.4. The lowest BCUT2D eigenvalue weighted by atomic mass is 10.1. The number of carbonyl (C=O) groups excluding carboxylic acids is 1. The molecule has 2 saturated heterocycles. The fourth-order valence-electron chi connectivity index (χ4n) is 4.60. The number of likely N-dealkylation sites (tertiary alicyclic amines) is 1. The molecule has 8 nitrogen and oxygen atoms in total. The van der Waals surface area contributed by atoms with Crippen LogP contribution in [0.15, 0.2) is 36.7 Å². The summed E-state index contributed by atoms with van der Waals surface area (Å²) >= 11 is 6.45. The number of nitrogens with one attached hydrogen (secondary N) is 3. The maximum atomic E-state index is 9.60. The molecule has 1 unspecified atom stereocenters. The van der Waals surface area contributed by atoms with E-state index in [1.54, 1.807) is 6.20 Å². The molecule has 35 heavy (non-hydrogen) atoms. The number of piperidine rings is 1. The first-order valence-corrected chi connectivity index (χ1v) is 12.6. The molecule has 188 valence electrons. The lowest BCUT2D eigenvalue weighted by molar-refractivity contribution is -0.138. The molecule has 3 aromatic rings. The Bertz CT molecular complexity index is 1120. The largest absolute Gasteiger partial charge is 0.462 e. The summed E-state index contributed by atoms with van der Waals surface area (Å²) in [5.74, 6) is 0.651. The molecular formula is C26H35ClN6O2. The summed E-state index contributed by atoms with van der Waals surface area (Å²) in [5, 5.41) is 8.73. The number of halogens is 1. The summed E-state index contributed by atoms with van der Waals surface area (Å²) < 4.78 is 4.55. The third kappa shape index (κ3) is 6.72. The standard InChI is InChI=1S/C21H25ClN6.C5H10O2/c22-18-12-25-21(26-14-7-9-28(13-14)15-4-3-8-23-10-15)27-20(18)17-11-24-19-6-2-1-5-16(17)19;1-5(2,3)7-4-6/h1-2,5-6,11-12,14-15,23-24H,3-4,7-10,13H2,(H,25,26,27);4H,1-3H3/t14-,15?;/m1./s1. The fraction of sp³-hybridized carbons (Fsp3) is 0.500. The Morgan fingerprint density at radius 2 is 2.09 bits per heavy atom. The highest BCUT2D eigenvalue weighted by molar-refractivity contribution is 6.33. The van der Waals surface area contributed by atoms with Gasteiger partial charge in [-0.05, 0) is 52.6 Å². The number of hydrogen-bond donors (Lipinski definition) is 3. The van der Waals surface area contributed by atoms with Gasteiger partial charge < -0.3 is 20.4 Å². The number of carbonyl (C=O) groups is 1. The van der Waals surface area contributed by atoms with Crippen molar-refractivity contribution in [2.75, 3.05) is 31.5 Å². The third-order valence-electron chi connectivity index (χ3n) is 6.33. The molecule has 2 aliphatic rings. The number of aromatic nitrogens is 3. The Labute approximate surface area is 211 Å². The molecule has 2 atom stereocenters. The van der Waals surface area contributed by atoms with Gasteiger partial charge in [0.1, 0.15) is 5.60 Å². The number of ether oxygens (including phenoxy) is 1. The summed E-state index contributed by atoms with van der Waals surface area (Å²) in [6, 6.07) is 9.22. The maximum Gasteiger partial charge on any atom is 0.293 e. The molecule has 0 spiro atoms. The smallest absolute Gasteiger partial charge is 0.293 e. The zero-order valence-corrected chi connectivity index (χ0v) is 21.4. The van der Waals surface area contributed by atoms with Crippen molar-refractivity contribution < 1.29 is 9.53 Å². The molecule has 4 heterocycles. The molecule has 2 aromatic heterocycles. The van der Waals surface area contributed by atoms with E-state index in [-0.39, 0.29) is 5.60 Å². The Morgan fingerprint density at radius 1 is 1.26 bits per heavy atom. The predicted molar refractivity (Wildman–Crippen MR) is 141 cm³/mol. The second kappa shape index (κ2) is 11.4. The molecule has 3 N–H and O–H groups in total. The quantitative estimate of drug-likeness (QED) is 0.446. The first-order chi connectivity index (χ1) is 16.8. The van der Waals surface area contributed by atoms with E-state index in [0.717, 1.165) is 54.8 Å². The van der Waals surface area contributed by atoms with Crippen LogP contribution in [-0.4, -0.2) is 70.2 Å². The highest BCUT2D eigenvalue weighted by Crippen LogP contribution is 2.32. The summed E-state index contributed by atoms with van der Waals surface area (Å²) in [4.78, 5) is 24.7. The van der Waals surface area contributed by atoms with Crippen LogP contribution in [0.2, 0.25) is 5.02 Å². The van der Waals surface area contributed by atoms with Gasteiger partial charge in [0.2, 0.25) is 5.95 Å². The number of H-pyrrole nitrogens is 1. The summed E-state index contributed by atoms with van der Waals surface area (Å²) in [5.41, 5.74) is 2.53. The van der Waals surface area contributed by atoms with Crippen LogP contribution in [0.1, 0.15) is 40.0 Å². The van der Waals surface area contributed by atoms with Crippen LogP contribution in [0.4, 0.5) is 5.95 Å². The van der Waals surface area contributed by atoms with Gasteiger partial charge in [0.25, 0.3) is 6.47 Å². The normalized spacial score (nSPS) is 20.8. The molecule has 0 saturated carbocycles. The monoisotopic (exact) mass is 498 g/mol. The van der Waals surface area contributed by atoms with Gasteiger partial charge in [-0.1, -0.05) is 29.8 Å². The van der Waals surface area contributed by atoms with Crippen LogP contribution in [0, 0.1) is 0 Å². The summed E-state index contributed by atoms with van der Waals surface area (Å²) in [6.45, 7) is 10.4. The SMILES string of the molecule is CC(C)(C)OC=O.Clc1cnc(N[C@@H]2CCN(C3CCCNC3)C2)nc1-c1c[nH]c2ccccc12. The number of anilines is 1. The van der Waals surface area contributed by atoms with E-state index in [9.17, 15) is 4.79 Å². The molecule has 0 aliphatic carbocycles. The van der Waals surface area contributed by atoms with Crippen molar-refractivity contribution in [2.45, 2.75) is 57.7 Å². The molecule has 2 fully saturated rings. The maximum absolute atomic E-state index is 9.60. The van der Waals surface area contributed by atoms with Gasteiger partial charge in [-0.25, -0.2) is 9.97 Å². The van der Waals surface area contributed by atoms with E-state index >= 15 is 0 Å². The minimum absolute atomic E-state index is 0.318. The number of aromatic amines is 1. The molecule has 2 aliphatic heterocycles. The number of hydrogen-bond acceptors (Lipinski definition) is 7. The molecule has 9 heteroatoms. The Hall–Kier alpha value is -2.68. The molecule has 0 amide bonds. The van der Waals surface area contributed by atoms with E-state index in [1.807, 2.05) is 39.1 Å². The van der Waals surface area contributed by atoms with Gasteiger partial charge in [-0.2, -0.15) is 0 Å². The highest BCUT2D eigenvalue weighted by atomic mass is 35.5. The van der Waals surface area contributed by atoms with Crippen molar-refractivity contribution in [3.8, 4) is 11.3 Å². The van der Waals surface area contributed by atoms with Crippen molar-refractivity contribution in [3.63, 3.8) is 0 Å². The van der Waals surface area contributed by atoms with Crippen molar-refractivity contribution in [3.05, 3.63) is 41.7 Å².